The molecule has 0 aliphatic carbocycles. The van der Waals surface area contributed by atoms with E-state index in [1.807, 2.05) is 20.8 Å². The van der Waals surface area contributed by atoms with Crippen molar-refractivity contribution >= 4 is 23.4 Å². The summed E-state index contributed by atoms with van der Waals surface area (Å²) in [5, 5.41) is 2.70. The molecule has 0 bridgehead atoms. The number of rotatable bonds is 3. The summed E-state index contributed by atoms with van der Waals surface area (Å²) in [4.78, 5) is 25.6. The molecule has 1 heterocycles. The topological polar surface area (TPSA) is 49.4 Å². The molecule has 1 aliphatic heterocycles. The summed E-state index contributed by atoms with van der Waals surface area (Å²) in [6, 6.07) is -0.870. The molecule has 0 saturated carbocycles. The fourth-order valence-electron chi connectivity index (χ4n) is 2.03. The summed E-state index contributed by atoms with van der Waals surface area (Å²) >= 11 is 5.62. The number of carbonyl (C=O) groups is 2. The number of hydrogen-bond donors (Lipinski definition) is 1. The Balaban J connectivity index is 2.98. The number of nitrogens with zero attached hydrogens (tertiary/aromatic N) is 1. The Kier molecular flexibility index (Phi) is 4.57. The number of halogens is 1. The van der Waals surface area contributed by atoms with Gasteiger partial charge in [0.1, 0.15) is 12.1 Å². The average Bonchev–Trinajstić information content (AvgIpc) is 2.24. The molecule has 0 spiro atoms. The molecule has 1 N–H and O–H groups in total. The van der Waals surface area contributed by atoms with Crippen molar-refractivity contribution in [2.75, 3.05) is 6.54 Å². The van der Waals surface area contributed by atoms with E-state index in [9.17, 15) is 9.59 Å². The summed E-state index contributed by atoms with van der Waals surface area (Å²) in [5.41, 5.74) is 2.31. The third-order valence-corrected chi connectivity index (χ3v) is 3.23. The van der Waals surface area contributed by atoms with Gasteiger partial charge >= 0.3 is 0 Å². The Labute approximate surface area is 107 Å². The monoisotopic (exact) mass is 258 g/mol. The van der Waals surface area contributed by atoms with Crippen LogP contribution in [0.25, 0.3) is 0 Å². The van der Waals surface area contributed by atoms with Gasteiger partial charge in [-0.25, -0.2) is 0 Å². The van der Waals surface area contributed by atoms with Crippen LogP contribution in [-0.2, 0) is 9.59 Å². The van der Waals surface area contributed by atoms with Gasteiger partial charge in [-0.05, 0) is 25.3 Å². The number of carbonyl (C=O) groups excluding carboxylic acids is 2. The lowest BCUT2D eigenvalue weighted by molar-refractivity contribution is -0.150. The van der Waals surface area contributed by atoms with Gasteiger partial charge in [0.15, 0.2) is 0 Å². The van der Waals surface area contributed by atoms with E-state index in [1.54, 1.807) is 11.8 Å². The molecule has 2 atom stereocenters. The molecule has 1 aliphatic rings. The third-order valence-electron chi connectivity index (χ3n) is 2.85. The fourth-order valence-corrected chi connectivity index (χ4v) is 2.10. The minimum absolute atomic E-state index is 0.0545. The van der Waals surface area contributed by atoms with Gasteiger partial charge in [-0.3, -0.25) is 9.59 Å². The molecule has 1 fully saturated rings. The van der Waals surface area contributed by atoms with Crippen LogP contribution in [0.2, 0.25) is 0 Å². The van der Waals surface area contributed by atoms with Crippen molar-refractivity contribution in [1.82, 2.24) is 10.2 Å². The maximum absolute atomic E-state index is 12.1. The zero-order valence-corrected chi connectivity index (χ0v) is 11.4. The number of nitrogens with one attached hydrogen (secondary N) is 1. The summed E-state index contributed by atoms with van der Waals surface area (Å²) < 4.78 is 0. The molecule has 0 radical (unpaired) electrons. The SMILES string of the molecule is CC(=CCl)CN1C(=O)C(C)NC(=O)C1C(C)C. The largest absolute Gasteiger partial charge is 0.343 e. The van der Waals surface area contributed by atoms with E-state index in [2.05, 4.69) is 5.32 Å². The first kappa shape index (κ1) is 14.0. The zero-order chi connectivity index (χ0) is 13.2. The summed E-state index contributed by atoms with van der Waals surface area (Å²) in [5.74, 6) is -0.0646. The van der Waals surface area contributed by atoms with E-state index in [4.69, 9.17) is 11.6 Å². The van der Waals surface area contributed by atoms with Gasteiger partial charge in [0.05, 0.1) is 0 Å². The van der Waals surface area contributed by atoms with Crippen LogP contribution in [0.15, 0.2) is 11.1 Å². The Morgan fingerprint density at radius 1 is 1.53 bits per heavy atom. The van der Waals surface area contributed by atoms with Crippen LogP contribution >= 0.6 is 11.6 Å². The lowest BCUT2D eigenvalue weighted by atomic mass is 9.97. The highest BCUT2D eigenvalue weighted by molar-refractivity contribution is 6.25. The zero-order valence-electron chi connectivity index (χ0n) is 10.7. The van der Waals surface area contributed by atoms with E-state index < -0.39 is 12.1 Å². The van der Waals surface area contributed by atoms with Crippen molar-refractivity contribution in [2.24, 2.45) is 5.92 Å². The third kappa shape index (κ3) is 3.00. The highest BCUT2D eigenvalue weighted by atomic mass is 35.5. The second-order valence-corrected chi connectivity index (χ2v) is 5.06. The fraction of sp³-hybridized carbons (Fsp3) is 0.667. The van der Waals surface area contributed by atoms with Gasteiger partial charge in [-0.1, -0.05) is 25.4 Å². The molecule has 0 aromatic heterocycles. The predicted octanol–water partition coefficient (Wildman–Crippen LogP) is 1.50. The van der Waals surface area contributed by atoms with Crippen LogP contribution in [0.5, 0.6) is 0 Å². The summed E-state index contributed by atoms with van der Waals surface area (Å²) in [6.45, 7) is 7.81. The standard InChI is InChI=1S/C12H19ClN2O2/c1-7(2)10-11(16)14-9(4)12(17)15(10)6-8(3)5-13/h5,7,9-10H,6H2,1-4H3,(H,14,16). The van der Waals surface area contributed by atoms with Crippen molar-refractivity contribution in [1.29, 1.82) is 0 Å². The van der Waals surface area contributed by atoms with Crippen LogP contribution in [0.1, 0.15) is 27.7 Å². The maximum Gasteiger partial charge on any atom is 0.245 e. The molecule has 4 nitrogen and oxygen atoms in total. The van der Waals surface area contributed by atoms with Crippen LogP contribution in [0.3, 0.4) is 0 Å². The first-order valence-corrected chi connectivity index (χ1v) is 6.18. The molecule has 5 heteroatoms. The molecular formula is C12H19ClN2O2. The Morgan fingerprint density at radius 3 is 2.59 bits per heavy atom. The second kappa shape index (κ2) is 5.54. The molecule has 2 unspecified atom stereocenters. The van der Waals surface area contributed by atoms with Crippen molar-refractivity contribution in [3.05, 3.63) is 11.1 Å². The van der Waals surface area contributed by atoms with Crippen molar-refractivity contribution in [3.63, 3.8) is 0 Å². The van der Waals surface area contributed by atoms with Crippen LogP contribution < -0.4 is 5.32 Å². The molecule has 1 rings (SSSR count). The van der Waals surface area contributed by atoms with Crippen LogP contribution in [0.4, 0.5) is 0 Å². The van der Waals surface area contributed by atoms with Gasteiger partial charge in [0.25, 0.3) is 0 Å². The van der Waals surface area contributed by atoms with Gasteiger partial charge in [0, 0.05) is 12.1 Å². The molecular weight excluding hydrogens is 240 g/mol. The van der Waals surface area contributed by atoms with Gasteiger partial charge in [-0.15, -0.1) is 0 Å². The number of piperazine rings is 1. The minimum atomic E-state index is -0.458. The van der Waals surface area contributed by atoms with E-state index in [0.29, 0.717) is 6.54 Å². The van der Waals surface area contributed by atoms with Gasteiger partial charge < -0.3 is 10.2 Å². The highest BCUT2D eigenvalue weighted by Crippen LogP contribution is 2.18. The first-order valence-electron chi connectivity index (χ1n) is 5.75. The Hall–Kier alpha value is -1.03. The van der Waals surface area contributed by atoms with Crippen LogP contribution in [-0.4, -0.2) is 35.3 Å². The molecule has 2 amide bonds. The lowest BCUT2D eigenvalue weighted by Crippen LogP contribution is -2.64. The summed E-state index contributed by atoms with van der Waals surface area (Å²) in [7, 11) is 0. The second-order valence-electron chi connectivity index (χ2n) is 4.84. The van der Waals surface area contributed by atoms with Crippen molar-refractivity contribution < 1.29 is 9.59 Å². The smallest absolute Gasteiger partial charge is 0.245 e. The number of amides is 2. The average molecular weight is 259 g/mol. The Bertz CT molecular complexity index is 352. The van der Waals surface area contributed by atoms with Gasteiger partial charge in [-0.2, -0.15) is 0 Å². The normalized spacial score (nSPS) is 26.5. The van der Waals surface area contributed by atoms with Crippen LogP contribution in [0, 0.1) is 5.92 Å². The molecule has 96 valence electrons. The summed E-state index contributed by atoms with van der Waals surface area (Å²) in [6.07, 6.45) is 0. The Morgan fingerprint density at radius 2 is 2.12 bits per heavy atom. The first-order chi connectivity index (χ1) is 7.88. The highest BCUT2D eigenvalue weighted by Gasteiger charge is 2.39. The van der Waals surface area contributed by atoms with Gasteiger partial charge in [0.2, 0.25) is 11.8 Å². The maximum atomic E-state index is 12.1. The quantitative estimate of drug-likeness (QED) is 0.834. The molecule has 0 aromatic carbocycles. The minimum Gasteiger partial charge on any atom is -0.343 e. The van der Waals surface area contributed by atoms with Crippen molar-refractivity contribution in [3.8, 4) is 0 Å². The number of hydrogen-bond acceptors (Lipinski definition) is 2. The lowest BCUT2D eigenvalue weighted by Gasteiger charge is -2.40. The molecule has 0 aromatic rings. The molecule has 1 saturated heterocycles. The van der Waals surface area contributed by atoms with E-state index in [0.717, 1.165) is 5.57 Å². The molecule has 17 heavy (non-hydrogen) atoms. The van der Waals surface area contributed by atoms with Crippen molar-refractivity contribution in [2.45, 2.75) is 39.8 Å². The van der Waals surface area contributed by atoms with E-state index in [-0.39, 0.29) is 17.7 Å². The predicted molar refractivity (Wildman–Crippen MR) is 67.6 cm³/mol. The van der Waals surface area contributed by atoms with E-state index in [1.165, 1.54) is 5.54 Å². The van der Waals surface area contributed by atoms with E-state index >= 15 is 0 Å².